The number of aliphatic hydroxyl groups excluding tert-OH is 1. The molecule has 2 aromatic rings. The molecule has 1 atom stereocenters. The molecule has 0 aliphatic carbocycles. The Morgan fingerprint density at radius 1 is 1.10 bits per heavy atom. The number of furan rings is 1. The number of likely N-dealkylation sites (tertiary alicyclic amines) is 1. The molecular formula is C17H21NO2. The molecule has 1 fully saturated rings. The van der Waals surface area contributed by atoms with Gasteiger partial charge in [-0.25, -0.2) is 0 Å². The Kier molecular flexibility index (Phi) is 4.19. The summed E-state index contributed by atoms with van der Waals surface area (Å²) in [6, 6.07) is 10.4. The van der Waals surface area contributed by atoms with Crippen LogP contribution < -0.4 is 0 Å². The second kappa shape index (κ2) is 6.25. The van der Waals surface area contributed by atoms with Crippen LogP contribution in [0.15, 0.2) is 47.3 Å². The second-order valence-electron chi connectivity index (χ2n) is 5.70. The molecule has 0 bridgehead atoms. The fourth-order valence-corrected chi connectivity index (χ4v) is 2.98. The molecule has 1 saturated heterocycles. The van der Waals surface area contributed by atoms with Crippen molar-refractivity contribution in [1.29, 1.82) is 0 Å². The second-order valence-corrected chi connectivity index (χ2v) is 5.70. The van der Waals surface area contributed by atoms with Crippen molar-refractivity contribution in [3.05, 3.63) is 59.5 Å². The van der Waals surface area contributed by atoms with Gasteiger partial charge in [0.25, 0.3) is 0 Å². The van der Waals surface area contributed by atoms with Gasteiger partial charge in [0.05, 0.1) is 19.1 Å². The molecule has 0 radical (unpaired) electrons. The Hall–Kier alpha value is -1.58. The van der Waals surface area contributed by atoms with Gasteiger partial charge < -0.3 is 9.52 Å². The first kappa shape index (κ1) is 13.4. The van der Waals surface area contributed by atoms with Crippen molar-refractivity contribution in [3.63, 3.8) is 0 Å². The summed E-state index contributed by atoms with van der Waals surface area (Å²) in [5.74, 6) is 0.738. The molecule has 106 valence electrons. The smallest absolute Gasteiger partial charge is 0.0947 e. The highest BCUT2D eigenvalue weighted by Crippen LogP contribution is 2.22. The van der Waals surface area contributed by atoms with Gasteiger partial charge in [-0.2, -0.15) is 0 Å². The van der Waals surface area contributed by atoms with Gasteiger partial charge in [-0.3, -0.25) is 4.90 Å². The summed E-state index contributed by atoms with van der Waals surface area (Å²) in [5, 5.41) is 9.06. The van der Waals surface area contributed by atoms with Crippen molar-refractivity contribution in [2.75, 3.05) is 13.1 Å². The van der Waals surface area contributed by atoms with Gasteiger partial charge in [0.1, 0.15) is 0 Å². The van der Waals surface area contributed by atoms with Crippen LogP contribution in [0.5, 0.6) is 0 Å². The van der Waals surface area contributed by atoms with Crippen LogP contribution in [-0.2, 0) is 19.6 Å². The molecule has 1 N–H and O–H groups in total. The fraction of sp³-hybridized carbons (Fsp3) is 0.412. The molecule has 1 aliphatic heterocycles. The lowest BCUT2D eigenvalue weighted by atomic mass is 9.98. The highest BCUT2D eigenvalue weighted by Gasteiger charge is 2.22. The van der Waals surface area contributed by atoms with Gasteiger partial charge in [0.15, 0.2) is 0 Å². The summed E-state index contributed by atoms with van der Waals surface area (Å²) in [6.45, 7) is 3.45. The molecule has 2 heterocycles. The maximum absolute atomic E-state index is 9.06. The average Bonchev–Trinajstić information content (AvgIpc) is 3.12. The van der Waals surface area contributed by atoms with E-state index in [0.29, 0.717) is 0 Å². The van der Waals surface area contributed by atoms with Gasteiger partial charge in [-0.15, -0.1) is 0 Å². The Morgan fingerprint density at radius 2 is 1.90 bits per heavy atom. The highest BCUT2D eigenvalue weighted by atomic mass is 16.3. The van der Waals surface area contributed by atoms with Gasteiger partial charge in [0.2, 0.25) is 0 Å². The number of hydrogen-bond donors (Lipinski definition) is 1. The summed E-state index contributed by atoms with van der Waals surface area (Å²) in [5.41, 5.74) is 3.62. The minimum absolute atomic E-state index is 0.127. The van der Waals surface area contributed by atoms with Gasteiger partial charge in [0, 0.05) is 18.7 Å². The van der Waals surface area contributed by atoms with Crippen molar-refractivity contribution in [1.82, 2.24) is 4.90 Å². The highest BCUT2D eigenvalue weighted by molar-refractivity contribution is 5.22. The van der Waals surface area contributed by atoms with E-state index in [2.05, 4.69) is 17.0 Å². The number of hydrogen-bond acceptors (Lipinski definition) is 3. The molecule has 0 unspecified atom stereocenters. The van der Waals surface area contributed by atoms with Crippen LogP contribution in [0.2, 0.25) is 0 Å². The average molecular weight is 271 g/mol. The van der Waals surface area contributed by atoms with E-state index in [0.717, 1.165) is 31.0 Å². The predicted molar refractivity (Wildman–Crippen MR) is 78.2 cm³/mol. The number of nitrogens with zero attached hydrogens (tertiary/aromatic N) is 1. The van der Waals surface area contributed by atoms with Gasteiger partial charge >= 0.3 is 0 Å². The minimum Gasteiger partial charge on any atom is -0.472 e. The lowest BCUT2D eigenvalue weighted by Crippen LogP contribution is -2.20. The summed E-state index contributed by atoms with van der Waals surface area (Å²) in [7, 11) is 0. The van der Waals surface area contributed by atoms with Crippen LogP contribution >= 0.6 is 0 Å². The quantitative estimate of drug-likeness (QED) is 0.908. The minimum atomic E-state index is 0.127. The first-order valence-corrected chi connectivity index (χ1v) is 7.25. The Bertz CT molecular complexity index is 518. The predicted octanol–water partition coefficient (Wildman–Crippen LogP) is 2.84. The lowest BCUT2D eigenvalue weighted by Gasteiger charge is -2.15. The molecule has 3 nitrogen and oxygen atoms in total. The van der Waals surface area contributed by atoms with E-state index in [1.54, 1.807) is 6.26 Å². The zero-order valence-corrected chi connectivity index (χ0v) is 11.7. The third kappa shape index (κ3) is 3.30. The third-order valence-corrected chi connectivity index (χ3v) is 4.09. The molecule has 1 aromatic carbocycles. The molecule has 0 saturated carbocycles. The van der Waals surface area contributed by atoms with Gasteiger partial charge in [-0.1, -0.05) is 24.3 Å². The Labute approximate surface area is 119 Å². The summed E-state index contributed by atoms with van der Waals surface area (Å²) in [6.07, 6.45) is 5.97. The van der Waals surface area contributed by atoms with Crippen molar-refractivity contribution in [2.45, 2.75) is 26.0 Å². The van der Waals surface area contributed by atoms with E-state index in [9.17, 15) is 0 Å². The normalized spacial score (nSPS) is 19.6. The number of rotatable bonds is 5. The standard InChI is InChI=1S/C17H21NO2/c19-12-15-3-1-14(2-4-15)9-16-5-7-18(10-16)11-17-6-8-20-13-17/h1-4,6,8,13,16,19H,5,7,9-12H2/t16-/m0/s1. The zero-order valence-electron chi connectivity index (χ0n) is 11.7. The maximum Gasteiger partial charge on any atom is 0.0947 e. The third-order valence-electron chi connectivity index (χ3n) is 4.09. The van der Waals surface area contributed by atoms with E-state index in [4.69, 9.17) is 9.52 Å². The van der Waals surface area contributed by atoms with Gasteiger partial charge in [-0.05, 0) is 42.5 Å². The number of benzene rings is 1. The SMILES string of the molecule is OCc1ccc(C[C@@H]2CCN(Cc3ccoc3)C2)cc1. The summed E-state index contributed by atoms with van der Waals surface area (Å²) >= 11 is 0. The maximum atomic E-state index is 9.06. The zero-order chi connectivity index (χ0) is 13.8. The van der Waals surface area contributed by atoms with E-state index >= 15 is 0 Å². The first-order chi connectivity index (χ1) is 9.83. The van der Waals surface area contributed by atoms with Crippen molar-refractivity contribution < 1.29 is 9.52 Å². The summed E-state index contributed by atoms with van der Waals surface area (Å²) < 4.78 is 5.12. The molecule has 0 spiro atoms. The molecule has 20 heavy (non-hydrogen) atoms. The molecule has 3 rings (SSSR count). The van der Waals surface area contributed by atoms with E-state index in [-0.39, 0.29) is 6.61 Å². The van der Waals surface area contributed by atoms with Crippen molar-refractivity contribution in [2.24, 2.45) is 5.92 Å². The van der Waals surface area contributed by atoms with Crippen LogP contribution in [0.1, 0.15) is 23.1 Å². The molecular weight excluding hydrogens is 250 g/mol. The molecule has 1 aromatic heterocycles. The fourth-order valence-electron chi connectivity index (χ4n) is 2.98. The van der Waals surface area contributed by atoms with Crippen LogP contribution in [-0.4, -0.2) is 23.1 Å². The Morgan fingerprint density at radius 3 is 2.60 bits per heavy atom. The van der Waals surface area contributed by atoms with Crippen LogP contribution in [0.25, 0.3) is 0 Å². The van der Waals surface area contributed by atoms with Crippen molar-refractivity contribution >= 4 is 0 Å². The topological polar surface area (TPSA) is 36.6 Å². The van der Waals surface area contributed by atoms with E-state index in [1.807, 2.05) is 24.5 Å². The van der Waals surface area contributed by atoms with Crippen LogP contribution in [0.3, 0.4) is 0 Å². The molecule has 1 aliphatic rings. The summed E-state index contributed by atoms with van der Waals surface area (Å²) in [4.78, 5) is 2.50. The monoisotopic (exact) mass is 271 g/mol. The number of aliphatic hydroxyl groups is 1. The van der Waals surface area contributed by atoms with E-state index in [1.165, 1.54) is 24.1 Å². The van der Waals surface area contributed by atoms with Crippen LogP contribution in [0.4, 0.5) is 0 Å². The first-order valence-electron chi connectivity index (χ1n) is 7.25. The lowest BCUT2D eigenvalue weighted by molar-refractivity contribution is 0.282. The molecule has 0 amide bonds. The Balaban J connectivity index is 1.51. The van der Waals surface area contributed by atoms with Crippen LogP contribution in [0, 0.1) is 5.92 Å². The van der Waals surface area contributed by atoms with Crippen molar-refractivity contribution in [3.8, 4) is 0 Å². The van der Waals surface area contributed by atoms with E-state index < -0.39 is 0 Å². The largest absolute Gasteiger partial charge is 0.472 e. The molecule has 3 heteroatoms.